The molecule has 96 valence electrons. The van der Waals surface area contributed by atoms with Crippen LogP contribution in [0.4, 0.5) is 0 Å². The van der Waals surface area contributed by atoms with E-state index in [1.807, 2.05) is 20.8 Å². The first-order chi connectivity index (χ1) is 7.37. The lowest BCUT2D eigenvalue weighted by molar-refractivity contribution is -0.146. The Morgan fingerprint density at radius 3 is 2.44 bits per heavy atom. The zero-order valence-electron chi connectivity index (χ0n) is 10.6. The lowest BCUT2D eigenvalue weighted by atomic mass is 10.2. The fraction of sp³-hybridized carbons (Fsp3) is 0.909. The summed E-state index contributed by atoms with van der Waals surface area (Å²) in [4.78, 5) is 11.1. The van der Waals surface area contributed by atoms with Crippen LogP contribution in [0.25, 0.3) is 0 Å². The molecule has 2 N–H and O–H groups in total. The normalized spacial score (nSPS) is 13.6. The second kappa shape index (κ2) is 7.60. The van der Waals surface area contributed by atoms with E-state index >= 15 is 0 Å². The number of nitrogens with two attached hydrogens (primary N) is 1. The van der Waals surface area contributed by atoms with Crippen molar-refractivity contribution < 1.29 is 19.0 Å². The smallest absolute Gasteiger partial charge is 0.325 e. The van der Waals surface area contributed by atoms with Crippen LogP contribution in [0.3, 0.4) is 0 Å². The van der Waals surface area contributed by atoms with E-state index in [1.54, 1.807) is 6.92 Å². The predicted octanol–water partition coefficient (Wildman–Crippen LogP) is 0.709. The molecule has 0 rings (SSSR count). The van der Waals surface area contributed by atoms with Gasteiger partial charge in [-0.15, -0.1) is 0 Å². The standard InChI is InChI=1S/C11H23NO4/c1-5-15-10(13)9(12)8-14-6-7-16-11(2,3)4/h9H,5-8,12H2,1-4H3. The zero-order valence-corrected chi connectivity index (χ0v) is 10.6. The molecule has 0 fully saturated rings. The van der Waals surface area contributed by atoms with Gasteiger partial charge in [-0.25, -0.2) is 0 Å². The van der Waals surface area contributed by atoms with E-state index in [4.69, 9.17) is 19.9 Å². The third kappa shape index (κ3) is 8.64. The minimum Gasteiger partial charge on any atom is -0.465 e. The molecule has 0 saturated heterocycles. The van der Waals surface area contributed by atoms with Crippen LogP contribution in [-0.4, -0.2) is 44.0 Å². The summed E-state index contributed by atoms with van der Waals surface area (Å²) in [5, 5.41) is 0. The average Bonchev–Trinajstić information content (AvgIpc) is 2.15. The molecule has 0 aliphatic carbocycles. The molecule has 0 bridgehead atoms. The van der Waals surface area contributed by atoms with Crippen molar-refractivity contribution in [1.82, 2.24) is 0 Å². The van der Waals surface area contributed by atoms with Gasteiger partial charge in [-0.3, -0.25) is 4.79 Å². The Morgan fingerprint density at radius 2 is 1.94 bits per heavy atom. The molecule has 0 amide bonds. The van der Waals surface area contributed by atoms with Crippen molar-refractivity contribution >= 4 is 5.97 Å². The van der Waals surface area contributed by atoms with Crippen LogP contribution < -0.4 is 5.73 Å². The molecule has 16 heavy (non-hydrogen) atoms. The summed E-state index contributed by atoms with van der Waals surface area (Å²) in [7, 11) is 0. The van der Waals surface area contributed by atoms with Gasteiger partial charge in [-0.05, 0) is 27.7 Å². The van der Waals surface area contributed by atoms with Gasteiger partial charge in [0.1, 0.15) is 6.04 Å². The Bertz CT molecular complexity index is 201. The molecule has 5 heteroatoms. The summed E-state index contributed by atoms with van der Waals surface area (Å²) in [6.45, 7) is 9.05. The minimum absolute atomic E-state index is 0.159. The molecule has 1 atom stereocenters. The number of carbonyl (C=O) groups excluding carboxylic acids is 1. The van der Waals surface area contributed by atoms with Crippen molar-refractivity contribution in [2.75, 3.05) is 26.4 Å². The van der Waals surface area contributed by atoms with Crippen molar-refractivity contribution in [2.45, 2.75) is 39.3 Å². The third-order valence-electron chi connectivity index (χ3n) is 1.65. The first-order valence-corrected chi connectivity index (χ1v) is 5.50. The number of hydrogen-bond acceptors (Lipinski definition) is 5. The quantitative estimate of drug-likeness (QED) is 0.518. The summed E-state index contributed by atoms with van der Waals surface area (Å²) >= 11 is 0. The molecule has 0 saturated carbocycles. The highest BCUT2D eigenvalue weighted by Crippen LogP contribution is 2.05. The van der Waals surface area contributed by atoms with Gasteiger partial charge in [-0.2, -0.15) is 0 Å². The molecule has 0 aromatic heterocycles. The van der Waals surface area contributed by atoms with Crippen LogP contribution in [-0.2, 0) is 19.0 Å². The summed E-state index contributed by atoms with van der Waals surface area (Å²) in [6.07, 6.45) is 0. The Labute approximate surface area is 97.2 Å². The Morgan fingerprint density at radius 1 is 1.31 bits per heavy atom. The molecule has 0 aliphatic rings. The van der Waals surface area contributed by atoms with Crippen molar-refractivity contribution in [3.63, 3.8) is 0 Å². The fourth-order valence-corrected chi connectivity index (χ4v) is 0.934. The topological polar surface area (TPSA) is 70.8 Å². The summed E-state index contributed by atoms with van der Waals surface area (Å²) in [5.41, 5.74) is 5.36. The van der Waals surface area contributed by atoms with Gasteiger partial charge < -0.3 is 19.9 Å². The van der Waals surface area contributed by atoms with Gasteiger partial charge in [0.25, 0.3) is 0 Å². The van der Waals surface area contributed by atoms with E-state index in [-0.39, 0.29) is 12.2 Å². The van der Waals surface area contributed by atoms with Crippen LogP contribution in [0.15, 0.2) is 0 Å². The maximum absolute atomic E-state index is 11.1. The summed E-state index contributed by atoms with van der Waals surface area (Å²) in [6, 6.07) is -0.713. The highest BCUT2D eigenvalue weighted by molar-refractivity contribution is 5.75. The molecule has 0 spiro atoms. The van der Waals surface area contributed by atoms with E-state index in [2.05, 4.69) is 0 Å². The first-order valence-electron chi connectivity index (χ1n) is 5.50. The minimum atomic E-state index is -0.713. The number of esters is 1. The molecular weight excluding hydrogens is 210 g/mol. The fourth-order valence-electron chi connectivity index (χ4n) is 0.934. The van der Waals surface area contributed by atoms with Crippen molar-refractivity contribution in [2.24, 2.45) is 5.73 Å². The van der Waals surface area contributed by atoms with E-state index in [1.165, 1.54) is 0 Å². The van der Waals surface area contributed by atoms with Gasteiger partial charge in [-0.1, -0.05) is 0 Å². The monoisotopic (exact) mass is 233 g/mol. The second-order valence-electron chi connectivity index (χ2n) is 4.39. The highest BCUT2D eigenvalue weighted by atomic mass is 16.5. The molecular formula is C11H23NO4. The molecule has 5 nitrogen and oxygen atoms in total. The Balaban J connectivity index is 3.48. The first kappa shape index (κ1) is 15.3. The highest BCUT2D eigenvalue weighted by Gasteiger charge is 2.14. The van der Waals surface area contributed by atoms with Crippen molar-refractivity contribution in [1.29, 1.82) is 0 Å². The van der Waals surface area contributed by atoms with E-state index < -0.39 is 12.0 Å². The average molecular weight is 233 g/mol. The molecule has 0 aromatic carbocycles. The molecule has 1 unspecified atom stereocenters. The number of carbonyl (C=O) groups is 1. The maximum atomic E-state index is 11.1. The van der Waals surface area contributed by atoms with Gasteiger partial charge in [0.2, 0.25) is 0 Å². The van der Waals surface area contributed by atoms with Gasteiger partial charge in [0, 0.05) is 0 Å². The maximum Gasteiger partial charge on any atom is 0.325 e. The van der Waals surface area contributed by atoms with Crippen molar-refractivity contribution in [3.05, 3.63) is 0 Å². The number of rotatable bonds is 7. The van der Waals surface area contributed by atoms with Crippen LogP contribution in [0.1, 0.15) is 27.7 Å². The molecule has 0 radical (unpaired) electrons. The Hall–Kier alpha value is -0.650. The Kier molecular flexibility index (Phi) is 7.29. The van der Waals surface area contributed by atoms with Gasteiger partial charge >= 0.3 is 5.97 Å². The molecule has 0 aliphatic heterocycles. The lowest BCUT2D eigenvalue weighted by Gasteiger charge is -2.19. The molecule has 0 heterocycles. The van der Waals surface area contributed by atoms with Gasteiger partial charge in [0.15, 0.2) is 0 Å². The van der Waals surface area contributed by atoms with E-state index in [0.29, 0.717) is 19.8 Å². The summed E-state index contributed by atoms with van der Waals surface area (Å²) in [5.74, 6) is -0.431. The van der Waals surface area contributed by atoms with Crippen LogP contribution in [0.5, 0.6) is 0 Å². The summed E-state index contributed by atoms with van der Waals surface area (Å²) < 4.78 is 15.4. The lowest BCUT2D eigenvalue weighted by Crippen LogP contribution is -2.37. The number of hydrogen-bond donors (Lipinski definition) is 1. The second-order valence-corrected chi connectivity index (χ2v) is 4.39. The predicted molar refractivity (Wildman–Crippen MR) is 61.1 cm³/mol. The molecule has 0 aromatic rings. The largest absolute Gasteiger partial charge is 0.465 e. The zero-order chi connectivity index (χ0) is 12.6. The van der Waals surface area contributed by atoms with E-state index in [9.17, 15) is 4.79 Å². The SMILES string of the molecule is CCOC(=O)C(N)COCCOC(C)(C)C. The van der Waals surface area contributed by atoms with Gasteiger partial charge in [0.05, 0.1) is 32.0 Å². The van der Waals surface area contributed by atoms with Crippen LogP contribution in [0.2, 0.25) is 0 Å². The van der Waals surface area contributed by atoms with E-state index in [0.717, 1.165) is 0 Å². The third-order valence-corrected chi connectivity index (χ3v) is 1.65. The van der Waals surface area contributed by atoms with Crippen molar-refractivity contribution in [3.8, 4) is 0 Å². The van der Waals surface area contributed by atoms with Crippen LogP contribution >= 0.6 is 0 Å². The van der Waals surface area contributed by atoms with Crippen LogP contribution in [0, 0.1) is 0 Å². The number of ether oxygens (including phenoxy) is 3.